The maximum atomic E-state index is 6.08. The fourth-order valence-corrected chi connectivity index (χ4v) is 7.75. The zero-order chi connectivity index (χ0) is 27.9. The molecule has 0 aliphatic carbocycles. The van der Waals surface area contributed by atoms with Gasteiger partial charge in [0.1, 0.15) is 35.8 Å². The van der Waals surface area contributed by atoms with Gasteiger partial charge in [-0.25, -0.2) is 9.97 Å². The number of nitrogens with zero attached hydrogens (tertiary/aromatic N) is 7. The molecule has 8 rings (SSSR count). The van der Waals surface area contributed by atoms with Crippen LogP contribution in [-0.2, 0) is 5.66 Å². The quantitative estimate of drug-likeness (QED) is 0.206. The Bertz CT molecular complexity index is 1890. The number of anilines is 2. The summed E-state index contributed by atoms with van der Waals surface area (Å²) in [5.74, 6) is 1.26. The Kier molecular flexibility index (Phi) is 6.05. The highest BCUT2D eigenvalue weighted by molar-refractivity contribution is 7.14. The van der Waals surface area contributed by atoms with E-state index in [4.69, 9.17) is 23.3 Å². The maximum Gasteiger partial charge on any atom is 0.226 e. The van der Waals surface area contributed by atoms with Crippen LogP contribution in [0.4, 0.5) is 10.9 Å². The molecule has 8 heterocycles. The van der Waals surface area contributed by atoms with Crippen molar-refractivity contribution < 1.29 is 8.94 Å². The molecule has 1 aliphatic heterocycles. The summed E-state index contributed by atoms with van der Waals surface area (Å²) in [6.45, 7) is 0. The lowest BCUT2D eigenvalue weighted by Crippen LogP contribution is -2.63. The first-order valence-electron chi connectivity index (χ1n) is 12.9. The molecule has 0 saturated heterocycles. The molecule has 7 aromatic heterocycles. The maximum absolute atomic E-state index is 6.08. The second-order valence-corrected chi connectivity index (χ2v) is 11.7. The van der Waals surface area contributed by atoms with Gasteiger partial charge in [0, 0.05) is 35.4 Å². The van der Waals surface area contributed by atoms with Crippen molar-refractivity contribution in [2.24, 2.45) is 0 Å². The van der Waals surface area contributed by atoms with E-state index >= 15 is 0 Å². The average molecular weight is 609 g/mol. The third kappa shape index (κ3) is 3.71. The summed E-state index contributed by atoms with van der Waals surface area (Å²) in [5, 5.41) is 11.3. The third-order valence-electron chi connectivity index (χ3n) is 7.10. The van der Waals surface area contributed by atoms with E-state index in [-0.39, 0.29) is 0 Å². The molecule has 0 saturated carbocycles. The van der Waals surface area contributed by atoms with E-state index in [9.17, 15) is 0 Å². The standard InChI is InChI=1S/C29H20N8O2S3/c1-2-10-30-21(5-1)29(22-6-4-16-40-22)36(23-7-3-11-31-23)25(19-8-14-39-34-19)24(27-32-12-15-38-27)26(20-9-17-42-35-20)37(29)28-33-13-18-41-28/h1-18,25,31H. The van der Waals surface area contributed by atoms with Crippen molar-refractivity contribution in [1.82, 2.24) is 29.5 Å². The number of oxazole rings is 1. The van der Waals surface area contributed by atoms with Crippen LogP contribution in [0.1, 0.15) is 33.9 Å². The summed E-state index contributed by atoms with van der Waals surface area (Å²) < 4.78 is 16.4. The predicted molar refractivity (Wildman–Crippen MR) is 162 cm³/mol. The van der Waals surface area contributed by atoms with Crippen LogP contribution in [0.5, 0.6) is 0 Å². The molecule has 1 aliphatic rings. The molecule has 2 unspecified atom stereocenters. The Labute approximate surface area is 251 Å². The SMILES string of the molecule is c1ccc(C2(c3cccs3)N(c3nccs3)C(c3ccsn3)=C(c3ncco3)C(c3ccon3)N2c2ccc[nH]2)nc1. The van der Waals surface area contributed by atoms with Gasteiger partial charge in [0.05, 0.1) is 28.0 Å². The van der Waals surface area contributed by atoms with Gasteiger partial charge in [-0.2, -0.15) is 4.37 Å². The molecule has 0 spiro atoms. The fraction of sp³-hybridized carbons (Fsp3) is 0.0690. The van der Waals surface area contributed by atoms with Crippen molar-refractivity contribution in [3.63, 3.8) is 0 Å². The first kappa shape index (κ1) is 24.9. The normalized spacial score (nSPS) is 19.1. The van der Waals surface area contributed by atoms with Crippen LogP contribution in [0, 0.1) is 0 Å². The number of nitrogens with one attached hydrogen (secondary N) is 1. The van der Waals surface area contributed by atoms with E-state index in [1.807, 2.05) is 71.8 Å². The number of aromatic amines is 1. The number of hydrogen-bond acceptors (Lipinski definition) is 12. The number of rotatable bonds is 7. The van der Waals surface area contributed by atoms with Gasteiger partial charge in [-0.1, -0.05) is 17.3 Å². The first-order chi connectivity index (χ1) is 20.9. The zero-order valence-corrected chi connectivity index (χ0v) is 24.1. The highest BCUT2D eigenvalue weighted by atomic mass is 32.1. The summed E-state index contributed by atoms with van der Waals surface area (Å²) in [5.41, 5.74) is 2.67. The Balaban J connectivity index is 1.62. The highest BCUT2D eigenvalue weighted by Crippen LogP contribution is 2.59. The molecule has 0 aromatic carbocycles. The topological polar surface area (TPSA) is 113 Å². The zero-order valence-electron chi connectivity index (χ0n) is 21.6. The summed E-state index contributed by atoms with van der Waals surface area (Å²) in [6.07, 6.45) is 10.3. The molecule has 13 heteroatoms. The Morgan fingerprint density at radius 1 is 0.857 bits per heavy atom. The number of pyridine rings is 1. The number of thiazole rings is 1. The summed E-state index contributed by atoms with van der Waals surface area (Å²) in [6, 6.07) is 17.5. The molecule has 10 nitrogen and oxygen atoms in total. The van der Waals surface area contributed by atoms with E-state index in [2.05, 4.69) is 42.4 Å². The molecule has 0 fully saturated rings. The van der Waals surface area contributed by atoms with Crippen LogP contribution in [0.2, 0.25) is 0 Å². The molecule has 2 atom stereocenters. The van der Waals surface area contributed by atoms with Crippen LogP contribution < -0.4 is 9.80 Å². The molecule has 0 amide bonds. The van der Waals surface area contributed by atoms with Gasteiger partial charge in [0.2, 0.25) is 11.6 Å². The molecule has 0 bridgehead atoms. The molecular formula is C29H20N8O2S3. The minimum absolute atomic E-state index is 0.435. The largest absolute Gasteiger partial charge is 0.445 e. The van der Waals surface area contributed by atoms with Crippen LogP contribution >= 0.6 is 34.2 Å². The number of hydrogen-bond donors (Lipinski definition) is 1. The third-order valence-corrected chi connectivity index (χ3v) is 9.39. The monoisotopic (exact) mass is 608 g/mol. The van der Waals surface area contributed by atoms with Gasteiger partial charge in [0.25, 0.3) is 0 Å². The van der Waals surface area contributed by atoms with Crippen molar-refractivity contribution in [1.29, 1.82) is 0 Å². The fourth-order valence-electron chi connectivity index (χ4n) is 5.62. The molecule has 206 valence electrons. The van der Waals surface area contributed by atoms with Gasteiger partial charge >= 0.3 is 0 Å². The number of H-pyrrole nitrogens is 1. The van der Waals surface area contributed by atoms with E-state index in [0.717, 1.165) is 38.5 Å². The Morgan fingerprint density at radius 2 is 1.86 bits per heavy atom. The number of aromatic nitrogens is 6. The summed E-state index contributed by atoms with van der Waals surface area (Å²) >= 11 is 4.55. The molecule has 7 aromatic rings. The Hall–Kier alpha value is -4.85. The summed E-state index contributed by atoms with van der Waals surface area (Å²) in [4.78, 5) is 23.6. The summed E-state index contributed by atoms with van der Waals surface area (Å²) in [7, 11) is 0. The average Bonchev–Trinajstić information content (AvgIpc) is 3.89. The van der Waals surface area contributed by atoms with Crippen molar-refractivity contribution in [3.8, 4) is 0 Å². The second kappa shape index (κ2) is 10.2. The smallest absolute Gasteiger partial charge is 0.226 e. The van der Waals surface area contributed by atoms with Crippen LogP contribution in [0.25, 0.3) is 11.3 Å². The molecule has 1 N–H and O–H groups in total. The van der Waals surface area contributed by atoms with Gasteiger partial charge in [-0.15, -0.1) is 22.7 Å². The van der Waals surface area contributed by atoms with E-state index in [0.29, 0.717) is 11.6 Å². The van der Waals surface area contributed by atoms with E-state index < -0.39 is 11.7 Å². The van der Waals surface area contributed by atoms with Crippen LogP contribution in [0.15, 0.2) is 117 Å². The van der Waals surface area contributed by atoms with E-state index in [1.165, 1.54) is 22.9 Å². The molecule has 42 heavy (non-hydrogen) atoms. The predicted octanol–water partition coefficient (Wildman–Crippen LogP) is 6.90. The first-order valence-corrected chi connectivity index (χ1v) is 15.5. The van der Waals surface area contributed by atoms with E-state index in [1.54, 1.807) is 30.1 Å². The number of thiophene rings is 1. The lowest BCUT2D eigenvalue weighted by Gasteiger charge is -2.56. The minimum atomic E-state index is -1.07. The minimum Gasteiger partial charge on any atom is -0.445 e. The Morgan fingerprint density at radius 3 is 2.52 bits per heavy atom. The van der Waals surface area contributed by atoms with Crippen molar-refractivity contribution in [2.45, 2.75) is 11.7 Å². The van der Waals surface area contributed by atoms with Crippen LogP contribution in [-0.4, -0.2) is 29.5 Å². The van der Waals surface area contributed by atoms with Crippen LogP contribution in [0.3, 0.4) is 0 Å². The second-order valence-electron chi connectivity index (χ2n) is 9.25. The van der Waals surface area contributed by atoms with Crippen molar-refractivity contribution >= 4 is 56.4 Å². The van der Waals surface area contributed by atoms with Crippen molar-refractivity contribution in [2.75, 3.05) is 9.80 Å². The lowest BCUT2D eigenvalue weighted by atomic mass is 9.85. The van der Waals surface area contributed by atoms with Gasteiger partial charge < -0.3 is 18.8 Å². The van der Waals surface area contributed by atoms with Crippen molar-refractivity contribution in [3.05, 3.63) is 136 Å². The highest BCUT2D eigenvalue weighted by Gasteiger charge is 2.59. The van der Waals surface area contributed by atoms with Gasteiger partial charge in [-0.3, -0.25) is 9.88 Å². The van der Waals surface area contributed by atoms with Gasteiger partial charge in [0.15, 0.2) is 5.13 Å². The molecule has 0 radical (unpaired) electrons. The molecular weight excluding hydrogens is 589 g/mol. The lowest BCUT2D eigenvalue weighted by molar-refractivity contribution is 0.389. The van der Waals surface area contributed by atoms with Gasteiger partial charge in [-0.05, 0) is 53.3 Å².